The van der Waals surface area contributed by atoms with E-state index in [0.29, 0.717) is 0 Å². The van der Waals surface area contributed by atoms with Crippen LogP contribution in [0.2, 0.25) is 0 Å². The first-order valence-electron chi connectivity index (χ1n) is 4.15. The highest BCUT2D eigenvalue weighted by atomic mass is 16.7. The molecule has 0 atom stereocenters. The van der Waals surface area contributed by atoms with Crippen molar-refractivity contribution in [2.75, 3.05) is 14.2 Å². The van der Waals surface area contributed by atoms with Crippen molar-refractivity contribution in [1.82, 2.24) is 10.2 Å². The second-order valence-corrected chi connectivity index (χ2v) is 3.51. The van der Waals surface area contributed by atoms with Gasteiger partial charge in [0.05, 0.1) is 0 Å². The second-order valence-electron chi connectivity index (χ2n) is 3.51. The Balaban J connectivity index is 2.90. The second kappa shape index (κ2) is 3.55. The van der Waals surface area contributed by atoms with Gasteiger partial charge in [-0.15, -0.1) is 0 Å². The van der Waals surface area contributed by atoms with Crippen molar-refractivity contribution in [2.45, 2.75) is 25.8 Å². The molecule has 0 spiro atoms. The van der Waals surface area contributed by atoms with E-state index in [2.05, 4.69) is 5.32 Å². The van der Waals surface area contributed by atoms with E-state index in [4.69, 9.17) is 9.47 Å². The molecule has 0 bridgehead atoms. The van der Waals surface area contributed by atoms with E-state index in [1.54, 1.807) is 13.8 Å². The summed E-state index contributed by atoms with van der Waals surface area (Å²) in [6, 6.07) is -0.506. The molecule has 0 aromatic rings. The van der Waals surface area contributed by atoms with Crippen LogP contribution in [-0.4, -0.2) is 43.0 Å². The van der Waals surface area contributed by atoms with Crippen LogP contribution in [0.5, 0.6) is 0 Å². The standard InChI is InChI=1S/C8H14N2O4/c1-8(2)5(11)10(6(12)9-8)7(13-3)14-4/h7H,1-4H3,(H,9,12). The first-order chi connectivity index (χ1) is 6.44. The zero-order valence-electron chi connectivity index (χ0n) is 8.66. The molecule has 14 heavy (non-hydrogen) atoms. The molecule has 0 saturated carbocycles. The molecule has 1 rings (SSSR count). The van der Waals surface area contributed by atoms with Crippen LogP contribution in [0.15, 0.2) is 0 Å². The smallest absolute Gasteiger partial charge is 0.329 e. The van der Waals surface area contributed by atoms with Crippen molar-refractivity contribution in [3.63, 3.8) is 0 Å². The molecule has 0 unspecified atom stereocenters. The maximum atomic E-state index is 11.7. The third kappa shape index (κ3) is 1.58. The Morgan fingerprint density at radius 1 is 1.29 bits per heavy atom. The molecule has 80 valence electrons. The molecule has 6 nitrogen and oxygen atoms in total. The van der Waals surface area contributed by atoms with Gasteiger partial charge in [-0.1, -0.05) is 0 Å². The van der Waals surface area contributed by atoms with E-state index in [-0.39, 0.29) is 5.91 Å². The Hall–Kier alpha value is -1.14. The quantitative estimate of drug-likeness (QED) is 0.512. The average molecular weight is 202 g/mol. The number of carbonyl (C=O) groups is 2. The number of methoxy groups -OCH3 is 2. The number of imide groups is 1. The highest BCUT2D eigenvalue weighted by Gasteiger charge is 2.47. The van der Waals surface area contributed by atoms with Gasteiger partial charge in [0.1, 0.15) is 5.54 Å². The summed E-state index contributed by atoms with van der Waals surface area (Å²) in [5, 5.41) is 2.52. The van der Waals surface area contributed by atoms with E-state index in [0.717, 1.165) is 4.90 Å². The predicted octanol–water partition coefficient (Wildman–Crippen LogP) is -0.107. The Morgan fingerprint density at radius 2 is 1.79 bits per heavy atom. The molecule has 0 aromatic carbocycles. The minimum absolute atomic E-state index is 0.365. The van der Waals surface area contributed by atoms with E-state index in [9.17, 15) is 9.59 Å². The summed E-state index contributed by atoms with van der Waals surface area (Å²) < 4.78 is 9.68. The summed E-state index contributed by atoms with van der Waals surface area (Å²) >= 11 is 0. The highest BCUT2D eigenvalue weighted by molar-refractivity contribution is 6.06. The topological polar surface area (TPSA) is 67.9 Å². The number of hydrogen-bond acceptors (Lipinski definition) is 4. The fourth-order valence-electron chi connectivity index (χ4n) is 1.27. The van der Waals surface area contributed by atoms with Crippen LogP contribution in [0, 0.1) is 0 Å². The third-order valence-corrected chi connectivity index (χ3v) is 2.01. The number of hydrogen-bond donors (Lipinski definition) is 1. The van der Waals surface area contributed by atoms with Gasteiger partial charge in [-0.2, -0.15) is 0 Å². The number of nitrogens with one attached hydrogen (secondary N) is 1. The van der Waals surface area contributed by atoms with Crippen LogP contribution in [0.4, 0.5) is 4.79 Å². The number of nitrogens with zero attached hydrogens (tertiary/aromatic N) is 1. The molecule has 1 aliphatic heterocycles. The molecular weight excluding hydrogens is 188 g/mol. The summed E-state index contributed by atoms with van der Waals surface area (Å²) in [4.78, 5) is 24.0. The summed E-state index contributed by atoms with van der Waals surface area (Å²) in [6.45, 7) is 3.24. The van der Waals surface area contributed by atoms with Gasteiger partial charge in [-0.05, 0) is 13.8 Å². The van der Waals surface area contributed by atoms with Gasteiger partial charge < -0.3 is 14.8 Å². The predicted molar refractivity (Wildman–Crippen MR) is 47.3 cm³/mol. The number of urea groups is 1. The first kappa shape index (κ1) is 10.9. The maximum Gasteiger partial charge on any atom is 0.329 e. The van der Waals surface area contributed by atoms with Gasteiger partial charge in [-0.3, -0.25) is 4.79 Å². The normalized spacial score (nSPS) is 20.5. The zero-order chi connectivity index (χ0) is 10.9. The molecule has 0 radical (unpaired) electrons. The Kier molecular flexibility index (Phi) is 2.77. The number of amides is 3. The fraction of sp³-hybridized carbons (Fsp3) is 0.750. The summed E-state index contributed by atoms with van der Waals surface area (Å²) in [5.41, 5.74) is -0.896. The summed E-state index contributed by atoms with van der Waals surface area (Å²) in [7, 11) is 2.72. The third-order valence-electron chi connectivity index (χ3n) is 2.01. The van der Waals surface area contributed by atoms with Crippen molar-refractivity contribution in [2.24, 2.45) is 0 Å². The van der Waals surface area contributed by atoms with Crippen molar-refractivity contribution in [1.29, 1.82) is 0 Å². The molecule has 1 N–H and O–H groups in total. The lowest BCUT2D eigenvalue weighted by Crippen LogP contribution is -2.44. The lowest BCUT2D eigenvalue weighted by molar-refractivity contribution is -0.184. The minimum Gasteiger partial charge on any atom is -0.338 e. The zero-order valence-corrected chi connectivity index (χ0v) is 8.66. The lowest BCUT2D eigenvalue weighted by atomic mass is 10.1. The number of carbonyl (C=O) groups excluding carboxylic acids is 2. The van der Waals surface area contributed by atoms with Crippen molar-refractivity contribution in [3.8, 4) is 0 Å². The van der Waals surface area contributed by atoms with Crippen LogP contribution in [0.25, 0.3) is 0 Å². The van der Waals surface area contributed by atoms with Crippen molar-refractivity contribution >= 4 is 11.9 Å². The van der Waals surface area contributed by atoms with Crippen LogP contribution < -0.4 is 5.32 Å². The van der Waals surface area contributed by atoms with Crippen LogP contribution in [0.1, 0.15) is 13.8 Å². The van der Waals surface area contributed by atoms with Crippen LogP contribution >= 0.6 is 0 Å². The Labute approximate surface area is 82.1 Å². The highest BCUT2D eigenvalue weighted by Crippen LogP contribution is 2.19. The molecule has 1 fully saturated rings. The fourth-order valence-corrected chi connectivity index (χ4v) is 1.27. The van der Waals surface area contributed by atoms with E-state index in [1.807, 2.05) is 0 Å². The number of ether oxygens (including phenoxy) is 2. The molecule has 3 amide bonds. The van der Waals surface area contributed by atoms with Gasteiger partial charge in [0, 0.05) is 14.2 Å². The Bertz CT molecular complexity index is 260. The maximum absolute atomic E-state index is 11.7. The Morgan fingerprint density at radius 3 is 2.07 bits per heavy atom. The van der Waals surface area contributed by atoms with Gasteiger partial charge in [-0.25, -0.2) is 9.69 Å². The number of rotatable bonds is 3. The van der Waals surface area contributed by atoms with Crippen molar-refractivity contribution in [3.05, 3.63) is 0 Å². The van der Waals surface area contributed by atoms with Crippen molar-refractivity contribution < 1.29 is 19.1 Å². The molecule has 1 heterocycles. The van der Waals surface area contributed by atoms with E-state index < -0.39 is 18.0 Å². The van der Waals surface area contributed by atoms with Crippen LogP contribution in [-0.2, 0) is 14.3 Å². The summed E-state index contributed by atoms with van der Waals surface area (Å²) in [5.74, 6) is -0.365. The van der Waals surface area contributed by atoms with Gasteiger partial charge >= 0.3 is 6.03 Å². The lowest BCUT2D eigenvalue weighted by Gasteiger charge is -2.22. The molecule has 6 heteroatoms. The molecule has 1 saturated heterocycles. The van der Waals surface area contributed by atoms with Gasteiger partial charge in [0.2, 0.25) is 6.41 Å². The average Bonchev–Trinajstić information content (AvgIpc) is 2.29. The first-order valence-corrected chi connectivity index (χ1v) is 4.15. The molecular formula is C8H14N2O4. The minimum atomic E-state index is -0.968. The van der Waals surface area contributed by atoms with Gasteiger partial charge in [0.15, 0.2) is 0 Å². The monoisotopic (exact) mass is 202 g/mol. The van der Waals surface area contributed by atoms with E-state index in [1.165, 1.54) is 14.2 Å². The SMILES string of the molecule is COC(OC)N1C(=O)NC(C)(C)C1=O. The van der Waals surface area contributed by atoms with E-state index >= 15 is 0 Å². The molecule has 1 aliphatic rings. The largest absolute Gasteiger partial charge is 0.338 e. The summed E-state index contributed by atoms with van der Waals surface area (Å²) in [6.07, 6.45) is -0.968. The molecule has 0 aromatic heterocycles. The van der Waals surface area contributed by atoms with Crippen LogP contribution in [0.3, 0.4) is 0 Å². The molecule has 0 aliphatic carbocycles. The van der Waals surface area contributed by atoms with Gasteiger partial charge in [0.25, 0.3) is 5.91 Å².